The van der Waals surface area contributed by atoms with Crippen LogP contribution in [0.25, 0.3) is 0 Å². The third-order valence-electron chi connectivity index (χ3n) is 1.37. The van der Waals surface area contributed by atoms with Crippen molar-refractivity contribution < 1.29 is 10.3 Å². The Balaban J connectivity index is 3.32. The first-order valence-electron chi connectivity index (χ1n) is 3.30. The molecule has 0 rings (SSSR count). The SMILES string of the molecule is CCCC(O)C(C)NO. The fourth-order valence-corrected chi connectivity index (χ4v) is 0.632. The fourth-order valence-electron chi connectivity index (χ4n) is 0.632. The maximum Gasteiger partial charge on any atom is 0.0713 e. The molecule has 0 bridgehead atoms. The topological polar surface area (TPSA) is 52.5 Å². The molecule has 0 saturated heterocycles. The van der Waals surface area contributed by atoms with Gasteiger partial charge in [-0.25, -0.2) is 5.48 Å². The highest BCUT2D eigenvalue weighted by atomic mass is 16.5. The molecule has 2 unspecified atom stereocenters. The summed E-state index contributed by atoms with van der Waals surface area (Å²) < 4.78 is 0. The van der Waals surface area contributed by atoms with E-state index >= 15 is 0 Å². The quantitative estimate of drug-likeness (QED) is 0.490. The second-order valence-corrected chi connectivity index (χ2v) is 2.27. The summed E-state index contributed by atoms with van der Waals surface area (Å²) in [6, 6.07) is -0.218. The van der Waals surface area contributed by atoms with Crippen LogP contribution < -0.4 is 5.48 Å². The molecular formula is C6H15NO2. The van der Waals surface area contributed by atoms with Crippen molar-refractivity contribution >= 4 is 0 Å². The summed E-state index contributed by atoms with van der Waals surface area (Å²) in [7, 11) is 0. The van der Waals surface area contributed by atoms with E-state index in [2.05, 4.69) is 0 Å². The van der Waals surface area contributed by atoms with Gasteiger partial charge in [-0.1, -0.05) is 13.3 Å². The van der Waals surface area contributed by atoms with Gasteiger partial charge in [0.1, 0.15) is 0 Å². The second kappa shape index (κ2) is 4.73. The zero-order valence-corrected chi connectivity index (χ0v) is 5.96. The first-order valence-corrected chi connectivity index (χ1v) is 3.30. The van der Waals surface area contributed by atoms with E-state index < -0.39 is 6.10 Å². The highest BCUT2D eigenvalue weighted by Gasteiger charge is 2.10. The van der Waals surface area contributed by atoms with Gasteiger partial charge in [-0.15, -0.1) is 0 Å². The van der Waals surface area contributed by atoms with Gasteiger partial charge in [0.2, 0.25) is 0 Å². The molecule has 3 heteroatoms. The Kier molecular flexibility index (Phi) is 4.67. The van der Waals surface area contributed by atoms with E-state index in [1.165, 1.54) is 0 Å². The molecule has 0 spiro atoms. The maximum absolute atomic E-state index is 9.10. The van der Waals surface area contributed by atoms with E-state index in [0.29, 0.717) is 0 Å². The average Bonchev–Trinajstić information content (AvgIpc) is 1.87. The summed E-state index contributed by atoms with van der Waals surface area (Å²) >= 11 is 0. The van der Waals surface area contributed by atoms with Crippen LogP contribution in [0, 0.1) is 0 Å². The minimum atomic E-state index is -0.431. The Morgan fingerprint density at radius 2 is 2.11 bits per heavy atom. The number of aliphatic hydroxyl groups excluding tert-OH is 1. The Hall–Kier alpha value is -0.120. The van der Waals surface area contributed by atoms with Gasteiger partial charge >= 0.3 is 0 Å². The van der Waals surface area contributed by atoms with Gasteiger partial charge in [-0.05, 0) is 13.3 Å². The van der Waals surface area contributed by atoms with Gasteiger partial charge in [0, 0.05) is 0 Å². The van der Waals surface area contributed by atoms with Crippen LogP contribution in [0.2, 0.25) is 0 Å². The Morgan fingerprint density at radius 3 is 2.44 bits per heavy atom. The Morgan fingerprint density at radius 1 is 1.56 bits per heavy atom. The molecule has 0 aromatic carbocycles. The highest BCUT2D eigenvalue weighted by molar-refractivity contribution is 4.65. The molecule has 56 valence electrons. The smallest absolute Gasteiger partial charge is 0.0713 e. The maximum atomic E-state index is 9.10. The normalized spacial score (nSPS) is 17.3. The number of hydrogen-bond acceptors (Lipinski definition) is 3. The van der Waals surface area contributed by atoms with Crippen LogP contribution in [-0.4, -0.2) is 22.5 Å². The van der Waals surface area contributed by atoms with Gasteiger partial charge in [-0.3, -0.25) is 0 Å². The van der Waals surface area contributed by atoms with Gasteiger partial charge < -0.3 is 10.3 Å². The summed E-state index contributed by atoms with van der Waals surface area (Å²) in [6.07, 6.45) is 1.24. The molecule has 0 aliphatic carbocycles. The van der Waals surface area contributed by atoms with Crippen LogP contribution in [0.1, 0.15) is 26.7 Å². The van der Waals surface area contributed by atoms with Gasteiger partial charge in [-0.2, -0.15) is 0 Å². The van der Waals surface area contributed by atoms with Crippen molar-refractivity contribution in [3.63, 3.8) is 0 Å². The predicted molar refractivity (Wildman–Crippen MR) is 35.3 cm³/mol. The van der Waals surface area contributed by atoms with Crippen LogP contribution in [0.4, 0.5) is 0 Å². The molecule has 2 atom stereocenters. The Bertz CT molecular complexity index is 68.1. The van der Waals surface area contributed by atoms with Gasteiger partial charge in [0.25, 0.3) is 0 Å². The largest absolute Gasteiger partial charge is 0.391 e. The fraction of sp³-hybridized carbons (Fsp3) is 1.00. The summed E-state index contributed by atoms with van der Waals surface area (Å²) in [5.74, 6) is 0. The van der Waals surface area contributed by atoms with Gasteiger partial charge in [0.15, 0.2) is 0 Å². The van der Waals surface area contributed by atoms with Crippen molar-refractivity contribution in [2.24, 2.45) is 0 Å². The third-order valence-corrected chi connectivity index (χ3v) is 1.37. The molecule has 0 aliphatic rings. The van der Waals surface area contributed by atoms with E-state index in [4.69, 9.17) is 10.3 Å². The van der Waals surface area contributed by atoms with Crippen molar-refractivity contribution in [2.75, 3.05) is 0 Å². The molecule has 0 aromatic rings. The molecule has 0 radical (unpaired) electrons. The van der Waals surface area contributed by atoms with Crippen LogP contribution in [0.3, 0.4) is 0 Å². The molecule has 0 aromatic heterocycles. The van der Waals surface area contributed by atoms with Crippen molar-refractivity contribution in [1.82, 2.24) is 5.48 Å². The van der Waals surface area contributed by atoms with E-state index in [9.17, 15) is 0 Å². The van der Waals surface area contributed by atoms with Crippen molar-refractivity contribution in [3.8, 4) is 0 Å². The first-order chi connectivity index (χ1) is 4.22. The minimum Gasteiger partial charge on any atom is -0.391 e. The summed E-state index contributed by atoms with van der Waals surface area (Å²) in [6.45, 7) is 3.73. The molecule has 0 amide bonds. The van der Waals surface area contributed by atoms with Crippen LogP contribution >= 0.6 is 0 Å². The second-order valence-electron chi connectivity index (χ2n) is 2.27. The van der Waals surface area contributed by atoms with Crippen molar-refractivity contribution in [1.29, 1.82) is 0 Å². The molecule has 3 nitrogen and oxygen atoms in total. The monoisotopic (exact) mass is 133 g/mol. The lowest BCUT2D eigenvalue weighted by Crippen LogP contribution is -2.34. The zero-order valence-electron chi connectivity index (χ0n) is 5.96. The van der Waals surface area contributed by atoms with E-state index in [1.54, 1.807) is 6.92 Å². The number of aliphatic hydroxyl groups is 1. The number of rotatable bonds is 4. The third kappa shape index (κ3) is 3.46. The molecule has 0 heterocycles. The highest BCUT2D eigenvalue weighted by Crippen LogP contribution is 1.99. The lowest BCUT2D eigenvalue weighted by Gasteiger charge is -2.15. The summed E-state index contributed by atoms with van der Waals surface area (Å²) in [4.78, 5) is 0. The number of hydrogen-bond donors (Lipinski definition) is 3. The predicted octanol–water partition coefficient (Wildman–Crippen LogP) is 0.515. The number of hydroxylamine groups is 1. The van der Waals surface area contributed by atoms with E-state index in [0.717, 1.165) is 12.8 Å². The molecule has 9 heavy (non-hydrogen) atoms. The van der Waals surface area contributed by atoms with Crippen LogP contribution in [-0.2, 0) is 0 Å². The minimum absolute atomic E-state index is 0.218. The Labute approximate surface area is 55.7 Å². The van der Waals surface area contributed by atoms with Gasteiger partial charge in [0.05, 0.1) is 12.1 Å². The summed E-state index contributed by atoms with van der Waals surface area (Å²) in [5, 5.41) is 17.4. The van der Waals surface area contributed by atoms with Crippen LogP contribution in [0.15, 0.2) is 0 Å². The summed E-state index contributed by atoms with van der Waals surface area (Å²) in [5.41, 5.74) is 2.00. The van der Waals surface area contributed by atoms with Crippen LogP contribution in [0.5, 0.6) is 0 Å². The zero-order chi connectivity index (χ0) is 7.28. The van der Waals surface area contributed by atoms with E-state index in [-0.39, 0.29) is 6.04 Å². The molecular weight excluding hydrogens is 118 g/mol. The van der Waals surface area contributed by atoms with E-state index in [1.807, 2.05) is 12.4 Å². The van der Waals surface area contributed by atoms with Crippen molar-refractivity contribution in [3.05, 3.63) is 0 Å². The molecule has 0 fully saturated rings. The molecule has 0 saturated carbocycles. The lowest BCUT2D eigenvalue weighted by molar-refractivity contribution is 0.0432. The van der Waals surface area contributed by atoms with Crippen molar-refractivity contribution in [2.45, 2.75) is 38.8 Å². The lowest BCUT2D eigenvalue weighted by atomic mass is 10.1. The molecule has 3 N–H and O–H groups in total. The standard InChI is InChI=1S/C6H15NO2/c1-3-4-6(8)5(2)7-9/h5-9H,3-4H2,1-2H3. The number of nitrogens with one attached hydrogen (secondary N) is 1. The first kappa shape index (κ1) is 8.88. The average molecular weight is 133 g/mol. The molecule has 0 aliphatic heterocycles.